The van der Waals surface area contributed by atoms with Crippen LogP contribution in [0.3, 0.4) is 0 Å². The Bertz CT molecular complexity index is 888. The van der Waals surface area contributed by atoms with Crippen molar-refractivity contribution in [3.63, 3.8) is 0 Å². The molecule has 26 heavy (non-hydrogen) atoms. The average molecular weight is 359 g/mol. The summed E-state index contributed by atoms with van der Waals surface area (Å²) in [6, 6.07) is 1.28. The molecule has 1 fully saturated rings. The first-order valence-electron chi connectivity index (χ1n) is 8.27. The van der Waals surface area contributed by atoms with Gasteiger partial charge in [0.1, 0.15) is 0 Å². The minimum atomic E-state index is -1.07. The number of nitrogens with zero attached hydrogens (tertiary/aromatic N) is 3. The van der Waals surface area contributed by atoms with Crippen LogP contribution in [0.5, 0.6) is 0 Å². The van der Waals surface area contributed by atoms with Gasteiger partial charge < -0.3 is 14.2 Å². The highest BCUT2D eigenvalue weighted by Crippen LogP contribution is 2.30. The van der Waals surface area contributed by atoms with E-state index in [9.17, 15) is 13.6 Å². The molecule has 1 aliphatic heterocycles. The van der Waals surface area contributed by atoms with E-state index in [1.54, 1.807) is 28.9 Å². The van der Waals surface area contributed by atoms with Crippen LogP contribution in [0.4, 0.5) is 14.5 Å². The van der Waals surface area contributed by atoms with Gasteiger partial charge in [0.25, 0.3) is 0 Å². The maximum Gasteiger partial charge on any atom is 0.185 e. The van der Waals surface area contributed by atoms with Crippen molar-refractivity contribution in [1.82, 2.24) is 9.55 Å². The smallest absolute Gasteiger partial charge is 0.185 e. The van der Waals surface area contributed by atoms with Gasteiger partial charge in [0, 0.05) is 38.1 Å². The molecule has 0 spiro atoms. The number of benzene rings is 1. The van der Waals surface area contributed by atoms with Gasteiger partial charge in [-0.05, 0) is 25.8 Å². The van der Waals surface area contributed by atoms with Crippen LogP contribution in [-0.4, -0.2) is 41.1 Å². The van der Waals surface area contributed by atoms with Crippen molar-refractivity contribution in [2.45, 2.75) is 26.1 Å². The largest absolute Gasteiger partial charge is 0.372 e. The Kier molecular flexibility index (Phi) is 5.05. The van der Waals surface area contributed by atoms with E-state index in [0.29, 0.717) is 25.2 Å². The molecule has 2 aromatic rings. The molecule has 0 saturated carbocycles. The number of ether oxygens (including phenoxy) is 1. The Morgan fingerprint density at radius 2 is 1.92 bits per heavy atom. The highest BCUT2D eigenvalue weighted by Gasteiger charge is 2.28. The summed E-state index contributed by atoms with van der Waals surface area (Å²) in [6.45, 7) is 4.45. The molecule has 0 N–H and O–H groups in total. The first kappa shape index (κ1) is 18.1. The van der Waals surface area contributed by atoms with Crippen molar-refractivity contribution in [2.24, 2.45) is 7.05 Å². The third-order valence-corrected chi connectivity index (χ3v) is 4.20. The lowest BCUT2D eigenvalue weighted by Gasteiger charge is -2.37. The second kappa shape index (κ2) is 7.26. The van der Waals surface area contributed by atoms with Crippen molar-refractivity contribution < 1.29 is 18.3 Å². The summed E-state index contributed by atoms with van der Waals surface area (Å²) < 4.78 is 36.6. The monoisotopic (exact) mass is 359 g/mol. The number of morpholine rings is 1. The molecule has 1 saturated heterocycles. The average Bonchev–Trinajstić information content (AvgIpc) is 3.00. The predicted octanol–water partition coefficient (Wildman–Crippen LogP) is 2.52. The van der Waals surface area contributed by atoms with Gasteiger partial charge in [0.2, 0.25) is 0 Å². The number of carbonyl (C=O) groups is 1. The van der Waals surface area contributed by atoms with E-state index in [1.165, 1.54) is 6.07 Å². The number of aldehydes is 1. The van der Waals surface area contributed by atoms with Crippen LogP contribution in [-0.2, 0) is 11.8 Å². The maximum absolute atomic E-state index is 14.8. The lowest BCUT2D eigenvalue weighted by Crippen LogP contribution is -2.46. The Balaban J connectivity index is 2.04. The van der Waals surface area contributed by atoms with Crippen molar-refractivity contribution in [1.29, 1.82) is 0 Å². The zero-order valence-corrected chi connectivity index (χ0v) is 14.8. The van der Waals surface area contributed by atoms with Gasteiger partial charge in [-0.1, -0.05) is 5.92 Å². The summed E-state index contributed by atoms with van der Waals surface area (Å²) in [4.78, 5) is 17.2. The molecule has 5 nitrogen and oxygen atoms in total. The molecule has 0 unspecified atom stereocenters. The number of halogens is 2. The van der Waals surface area contributed by atoms with Gasteiger partial charge in [-0.2, -0.15) is 0 Å². The number of imidazole rings is 1. The fraction of sp³-hybridized carbons (Fsp3) is 0.368. The molecule has 0 radical (unpaired) electrons. The van der Waals surface area contributed by atoms with E-state index in [4.69, 9.17) is 4.74 Å². The van der Waals surface area contributed by atoms with Crippen LogP contribution in [0, 0.1) is 23.5 Å². The molecule has 136 valence electrons. The minimum Gasteiger partial charge on any atom is -0.372 e. The fourth-order valence-corrected chi connectivity index (χ4v) is 3.11. The Labute approximate surface area is 150 Å². The predicted molar refractivity (Wildman–Crippen MR) is 93.2 cm³/mol. The fourth-order valence-electron chi connectivity index (χ4n) is 3.11. The summed E-state index contributed by atoms with van der Waals surface area (Å²) in [6.07, 6.45) is 3.48. The molecule has 2 heterocycles. The molecule has 2 atom stereocenters. The summed E-state index contributed by atoms with van der Waals surface area (Å²) in [5.41, 5.74) is -0.151. The van der Waals surface area contributed by atoms with E-state index in [0.717, 1.165) is 0 Å². The lowest BCUT2D eigenvalue weighted by molar-refractivity contribution is -0.00547. The van der Waals surface area contributed by atoms with Crippen molar-refractivity contribution in [2.75, 3.05) is 18.0 Å². The summed E-state index contributed by atoms with van der Waals surface area (Å²) in [5, 5.41) is 0. The van der Waals surface area contributed by atoms with E-state index in [2.05, 4.69) is 16.8 Å². The van der Waals surface area contributed by atoms with Gasteiger partial charge in [0.05, 0.1) is 23.5 Å². The summed E-state index contributed by atoms with van der Waals surface area (Å²) >= 11 is 0. The number of aromatic nitrogens is 2. The molecule has 3 rings (SSSR count). The van der Waals surface area contributed by atoms with Gasteiger partial charge in [-0.25, -0.2) is 13.8 Å². The highest BCUT2D eigenvalue weighted by molar-refractivity contribution is 5.86. The van der Waals surface area contributed by atoms with Crippen LogP contribution < -0.4 is 4.90 Å². The van der Waals surface area contributed by atoms with Crippen LogP contribution in [0.1, 0.15) is 35.6 Å². The molecule has 1 aromatic heterocycles. The second-order valence-electron chi connectivity index (χ2n) is 6.38. The quantitative estimate of drug-likeness (QED) is 0.611. The number of anilines is 1. The van der Waals surface area contributed by atoms with Gasteiger partial charge >= 0.3 is 0 Å². The third kappa shape index (κ3) is 3.46. The zero-order chi connectivity index (χ0) is 18.8. The normalized spacial score (nSPS) is 19.8. The molecular weight excluding hydrogens is 340 g/mol. The summed E-state index contributed by atoms with van der Waals surface area (Å²) in [5.74, 6) is 3.53. The number of aryl methyl sites for hydroxylation is 1. The summed E-state index contributed by atoms with van der Waals surface area (Å²) in [7, 11) is 1.74. The Morgan fingerprint density at radius 1 is 1.23 bits per heavy atom. The van der Waals surface area contributed by atoms with Crippen LogP contribution in [0.15, 0.2) is 18.5 Å². The Morgan fingerprint density at radius 3 is 2.50 bits per heavy atom. The van der Waals surface area contributed by atoms with E-state index < -0.39 is 11.6 Å². The van der Waals surface area contributed by atoms with Gasteiger partial charge in [-0.3, -0.25) is 4.79 Å². The zero-order valence-electron chi connectivity index (χ0n) is 14.8. The molecule has 1 aromatic carbocycles. The number of hydrogen-bond donors (Lipinski definition) is 0. The highest BCUT2D eigenvalue weighted by atomic mass is 19.2. The third-order valence-electron chi connectivity index (χ3n) is 4.20. The van der Waals surface area contributed by atoms with Crippen molar-refractivity contribution in [3.8, 4) is 11.8 Å². The van der Waals surface area contributed by atoms with Gasteiger partial charge in [0.15, 0.2) is 23.7 Å². The second-order valence-corrected chi connectivity index (χ2v) is 6.38. The van der Waals surface area contributed by atoms with Crippen molar-refractivity contribution in [3.05, 3.63) is 47.0 Å². The first-order chi connectivity index (χ1) is 12.4. The van der Waals surface area contributed by atoms with Gasteiger partial charge in [-0.15, -0.1) is 0 Å². The van der Waals surface area contributed by atoms with Crippen LogP contribution in [0.2, 0.25) is 0 Å². The molecule has 0 amide bonds. The Hall–Kier alpha value is -2.72. The first-order valence-corrected chi connectivity index (χ1v) is 8.27. The molecule has 0 aliphatic carbocycles. The van der Waals surface area contributed by atoms with E-state index >= 15 is 0 Å². The molecule has 1 aliphatic rings. The topological polar surface area (TPSA) is 47.4 Å². The van der Waals surface area contributed by atoms with Crippen LogP contribution >= 0.6 is 0 Å². The molecular formula is C19H19F2N3O2. The SMILES string of the molecule is C[C@@H]1CN(c2c(C=O)cc(C#Cc3nccn3C)c(F)c2F)C[C@H](C)O1. The molecule has 0 bridgehead atoms. The number of carbonyl (C=O) groups excluding carboxylic acids is 1. The van der Waals surface area contributed by atoms with E-state index in [1.807, 2.05) is 13.8 Å². The standard InChI is InChI=1S/C19H19F2N3O2/c1-12-9-24(10-13(2)26-12)19-15(11-25)8-14(17(20)18(19)21)4-5-16-22-6-7-23(16)3/h6-8,11-13H,9-10H2,1-3H3/t12-,13+. The minimum absolute atomic E-state index is 0.0398. The number of hydrogen-bond acceptors (Lipinski definition) is 4. The maximum atomic E-state index is 14.8. The lowest BCUT2D eigenvalue weighted by atomic mass is 10.1. The van der Waals surface area contributed by atoms with Crippen molar-refractivity contribution >= 4 is 12.0 Å². The van der Waals surface area contributed by atoms with E-state index in [-0.39, 0.29) is 29.0 Å². The van der Waals surface area contributed by atoms with Crippen LogP contribution in [0.25, 0.3) is 0 Å². The number of rotatable bonds is 2. The molecule has 7 heteroatoms.